The first-order valence-electron chi connectivity index (χ1n) is 9.97. The second-order valence-electron chi connectivity index (χ2n) is 9.83. The Morgan fingerprint density at radius 1 is 0.786 bits per heavy atom. The van der Waals surface area contributed by atoms with E-state index in [1.165, 1.54) is 21.9 Å². The van der Waals surface area contributed by atoms with Gasteiger partial charge in [0.15, 0.2) is 0 Å². The maximum absolute atomic E-state index is 10.4. The molecule has 3 aromatic rings. The highest BCUT2D eigenvalue weighted by Crippen LogP contribution is 2.38. The van der Waals surface area contributed by atoms with Crippen LogP contribution in [-0.2, 0) is 10.8 Å². The summed E-state index contributed by atoms with van der Waals surface area (Å²) in [5.41, 5.74) is 4.60. The number of fused-ring (bicyclic) bond motifs is 2. The van der Waals surface area contributed by atoms with Gasteiger partial charge in [-0.25, -0.2) is 0 Å². The van der Waals surface area contributed by atoms with Gasteiger partial charge < -0.3 is 5.11 Å². The molecule has 0 heterocycles. The van der Waals surface area contributed by atoms with Crippen molar-refractivity contribution < 1.29 is 5.11 Å². The molecule has 1 heteroatoms. The lowest BCUT2D eigenvalue weighted by Crippen LogP contribution is -2.11. The molecule has 0 amide bonds. The van der Waals surface area contributed by atoms with Crippen molar-refractivity contribution >= 4 is 27.1 Å². The molecule has 0 radical (unpaired) electrons. The number of hydrogen-bond donors (Lipinski definition) is 1. The molecule has 0 saturated carbocycles. The SMILES string of the molecule is C=C/C(=C(\C)O)c1c2ccc(C(C)(C)C)cc2cc2ccc(C(C)(C)C)cc12. The molecule has 0 bridgehead atoms. The molecule has 0 aromatic heterocycles. The van der Waals surface area contributed by atoms with Gasteiger partial charge in [-0.2, -0.15) is 0 Å². The van der Waals surface area contributed by atoms with Gasteiger partial charge in [-0.3, -0.25) is 0 Å². The van der Waals surface area contributed by atoms with E-state index in [-0.39, 0.29) is 10.8 Å². The summed E-state index contributed by atoms with van der Waals surface area (Å²) >= 11 is 0. The van der Waals surface area contributed by atoms with Gasteiger partial charge >= 0.3 is 0 Å². The number of aliphatic hydroxyl groups excluding tert-OH is 1. The zero-order valence-electron chi connectivity index (χ0n) is 18.3. The van der Waals surface area contributed by atoms with Crippen molar-refractivity contribution in [2.75, 3.05) is 0 Å². The summed E-state index contributed by atoms with van der Waals surface area (Å²) in [7, 11) is 0. The summed E-state index contributed by atoms with van der Waals surface area (Å²) in [4.78, 5) is 0. The zero-order chi connectivity index (χ0) is 20.9. The fraction of sp³-hybridized carbons (Fsp3) is 0.333. The first-order chi connectivity index (χ1) is 12.9. The van der Waals surface area contributed by atoms with Gasteiger partial charge in [-0.1, -0.05) is 84.5 Å². The lowest BCUT2D eigenvalue weighted by Gasteiger charge is -2.23. The third kappa shape index (κ3) is 3.58. The molecule has 0 aliphatic heterocycles. The normalized spacial score (nSPS) is 13.7. The maximum Gasteiger partial charge on any atom is 0.0970 e. The molecular formula is C27H32O. The molecule has 0 atom stereocenters. The van der Waals surface area contributed by atoms with Crippen molar-refractivity contribution in [2.45, 2.75) is 59.3 Å². The largest absolute Gasteiger partial charge is 0.512 e. The van der Waals surface area contributed by atoms with E-state index in [1.807, 2.05) is 0 Å². The van der Waals surface area contributed by atoms with Crippen molar-refractivity contribution in [2.24, 2.45) is 0 Å². The Bertz CT molecular complexity index is 1090. The van der Waals surface area contributed by atoms with Crippen LogP contribution in [0.25, 0.3) is 27.1 Å². The van der Waals surface area contributed by atoms with Crippen molar-refractivity contribution in [1.82, 2.24) is 0 Å². The number of allylic oxidation sites excluding steroid dienone is 3. The van der Waals surface area contributed by atoms with Crippen LogP contribution in [-0.4, -0.2) is 5.11 Å². The smallest absolute Gasteiger partial charge is 0.0970 e. The molecule has 3 rings (SSSR count). The summed E-state index contributed by atoms with van der Waals surface area (Å²) in [6, 6.07) is 15.6. The molecule has 0 spiro atoms. The van der Waals surface area contributed by atoms with Crippen LogP contribution >= 0.6 is 0 Å². The van der Waals surface area contributed by atoms with Gasteiger partial charge in [0.25, 0.3) is 0 Å². The van der Waals surface area contributed by atoms with Gasteiger partial charge in [-0.05, 0) is 62.6 Å². The van der Waals surface area contributed by atoms with Crippen molar-refractivity contribution in [3.8, 4) is 0 Å². The summed E-state index contributed by atoms with van der Waals surface area (Å²) in [5.74, 6) is 0.296. The Kier molecular flexibility index (Phi) is 4.91. The molecule has 0 aliphatic rings. The predicted octanol–water partition coefficient (Wildman–Crippen LogP) is 8.06. The summed E-state index contributed by atoms with van der Waals surface area (Å²) in [6.45, 7) is 19.1. The van der Waals surface area contributed by atoms with Crippen LogP contribution in [0.3, 0.4) is 0 Å². The number of hydrogen-bond acceptors (Lipinski definition) is 1. The molecule has 0 unspecified atom stereocenters. The van der Waals surface area contributed by atoms with Crippen molar-refractivity contribution in [3.63, 3.8) is 0 Å². The van der Waals surface area contributed by atoms with Crippen LogP contribution in [0.4, 0.5) is 0 Å². The highest BCUT2D eigenvalue weighted by atomic mass is 16.3. The first kappa shape index (κ1) is 20.2. The van der Waals surface area contributed by atoms with Gasteiger partial charge in [0.05, 0.1) is 5.76 Å². The molecule has 3 aromatic carbocycles. The van der Waals surface area contributed by atoms with Crippen molar-refractivity contribution in [3.05, 3.63) is 77.6 Å². The maximum atomic E-state index is 10.4. The number of benzene rings is 3. The average molecular weight is 373 g/mol. The van der Waals surface area contributed by atoms with Crippen LogP contribution in [0, 0.1) is 0 Å². The highest BCUT2D eigenvalue weighted by Gasteiger charge is 2.19. The zero-order valence-corrected chi connectivity index (χ0v) is 18.3. The van der Waals surface area contributed by atoms with E-state index < -0.39 is 0 Å². The third-order valence-electron chi connectivity index (χ3n) is 5.55. The lowest BCUT2D eigenvalue weighted by molar-refractivity contribution is 0.418. The van der Waals surface area contributed by atoms with Gasteiger partial charge in [0.1, 0.15) is 0 Å². The molecule has 0 aliphatic carbocycles. The molecule has 0 saturated heterocycles. The monoisotopic (exact) mass is 372 g/mol. The fourth-order valence-corrected chi connectivity index (χ4v) is 3.77. The Labute approximate surface area is 169 Å². The fourth-order valence-electron chi connectivity index (χ4n) is 3.77. The molecular weight excluding hydrogens is 340 g/mol. The summed E-state index contributed by atoms with van der Waals surface area (Å²) in [5, 5.41) is 15.1. The van der Waals surface area contributed by atoms with E-state index in [9.17, 15) is 5.11 Å². The number of aliphatic hydroxyl groups is 1. The van der Waals surface area contributed by atoms with Gasteiger partial charge in [-0.15, -0.1) is 0 Å². The number of rotatable bonds is 2. The Morgan fingerprint density at radius 3 is 1.89 bits per heavy atom. The van der Waals surface area contributed by atoms with E-state index in [0.717, 1.165) is 21.9 Å². The van der Waals surface area contributed by atoms with Crippen LogP contribution in [0.5, 0.6) is 0 Å². The van der Waals surface area contributed by atoms with E-state index in [1.54, 1.807) is 13.0 Å². The van der Waals surface area contributed by atoms with E-state index in [0.29, 0.717) is 5.76 Å². The van der Waals surface area contributed by atoms with Gasteiger partial charge in [0.2, 0.25) is 0 Å². The molecule has 28 heavy (non-hydrogen) atoms. The van der Waals surface area contributed by atoms with E-state index in [4.69, 9.17) is 0 Å². The quantitative estimate of drug-likeness (QED) is 0.274. The summed E-state index contributed by atoms with van der Waals surface area (Å²) in [6.07, 6.45) is 1.77. The second kappa shape index (κ2) is 6.81. The Morgan fingerprint density at radius 2 is 1.36 bits per heavy atom. The van der Waals surface area contributed by atoms with Crippen LogP contribution in [0.1, 0.15) is 65.2 Å². The lowest BCUT2D eigenvalue weighted by atomic mass is 9.82. The average Bonchev–Trinajstić information content (AvgIpc) is 2.59. The first-order valence-corrected chi connectivity index (χ1v) is 9.97. The minimum absolute atomic E-state index is 0.0584. The van der Waals surface area contributed by atoms with Crippen molar-refractivity contribution in [1.29, 1.82) is 0 Å². The predicted molar refractivity (Wildman–Crippen MR) is 124 cm³/mol. The van der Waals surface area contributed by atoms with Crippen LogP contribution in [0.2, 0.25) is 0 Å². The second-order valence-corrected chi connectivity index (χ2v) is 9.83. The standard InChI is InChI=1S/C27H32O/c1-9-22(17(2)28)25-23-13-12-20(26(3,4)5)15-19(23)14-18-10-11-21(16-24(18)25)27(6,7)8/h9-16,28H,1H2,2-8H3/b22-17-. The minimum atomic E-state index is 0.0584. The van der Waals surface area contributed by atoms with Crippen LogP contribution < -0.4 is 0 Å². The minimum Gasteiger partial charge on any atom is -0.512 e. The molecule has 1 N–H and O–H groups in total. The molecule has 146 valence electrons. The van der Waals surface area contributed by atoms with Gasteiger partial charge in [0, 0.05) is 11.1 Å². The van der Waals surface area contributed by atoms with E-state index >= 15 is 0 Å². The third-order valence-corrected chi connectivity index (χ3v) is 5.55. The Hall–Kier alpha value is -2.54. The molecule has 1 nitrogen and oxygen atoms in total. The Balaban J connectivity index is 2.51. The summed E-state index contributed by atoms with van der Waals surface area (Å²) < 4.78 is 0. The highest BCUT2D eigenvalue weighted by molar-refractivity contribution is 6.10. The van der Waals surface area contributed by atoms with E-state index in [2.05, 4.69) is 90.6 Å². The topological polar surface area (TPSA) is 20.2 Å². The molecule has 0 fully saturated rings. The van der Waals surface area contributed by atoms with Crippen LogP contribution in [0.15, 0.2) is 60.9 Å².